The van der Waals surface area contributed by atoms with Crippen molar-refractivity contribution in [1.82, 2.24) is 9.97 Å². The summed E-state index contributed by atoms with van der Waals surface area (Å²) in [5, 5.41) is 2.17. The van der Waals surface area contributed by atoms with Crippen LogP contribution in [0.3, 0.4) is 0 Å². The third-order valence-corrected chi connectivity index (χ3v) is 4.33. The molecule has 0 spiro atoms. The number of carbonyl (C=O) groups excluding carboxylic acids is 1. The molecule has 152 valence electrons. The van der Waals surface area contributed by atoms with E-state index in [2.05, 4.69) is 15.3 Å². The molecular formula is C20H10F5N3O2. The van der Waals surface area contributed by atoms with Crippen molar-refractivity contribution in [2.24, 2.45) is 0 Å². The SMILES string of the molecule is Cc1ccc(-c2nc3ncccc3o2)cc1NC(=O)c1c(F)c(F)c(F)c(F)c1F. The number of amides is 1. The van der Waals surface area contributed by atoms with Crippen molar-refractivity contribution < 1.29 is 31.2 Å². The number of rotatable bonds is 3. The zero-order valence-electron chi connectivity index (χ0n) is 15.1. The largest absolute Gasteiger partial charge is 0.434 e. The topological polar surface area (TPSA) is 68.0 Å². The van der Waals surface area contributed by atoms with E-state index in [1.54, 1.807) is 31.2 Å². The minimum atomic E-state index is -2.34. The van der Waals surface area contributed by atoms with Crippen LogP contribution in [0.5, 0.6) is 0 Å². The van der Waals surface area contributed by atoms with Gasteiger partial charge in [-0.15, -0.1) is 0 Å². The van der Waals surface area contributed by atoms with E-state index in [0.29, 0.717) is 22.4 Å². The van der Waals surface area contributed by atoms with Gasteiger partial charge >= 0.3 is 0 Å². The molecule has 0 aliphatic rings. The van der Waals surface area contributed by atoms with E-state index in [1.807, 2.05) is 0 Å². The standard InChI is InChI=1S/C20H10F5N3O2/c1-8-4-5-9(20-28-18-11(30-20)3-2-6-26-18)7-10(8)27-19(29)12-13(21)15(23)17(25)16(24)14(12)22/h2-7H,1H3,(H,27,29). The molecule has 0 saturated carbocycles. The van der Waals surface area contributed by atoms with E-state index in [4.69, 9.17) is 4.42 Å². The normalized spacial score (nSPS) is 11.1. The first-order valence-corrected chi connectivity index (χ1v) is 8.43. The van der Waals surface area contributed by atoms with Gasteiger partial charge in [-0.1, -0.05) is 6.07 Å². The summed E-state index contributed by atoms with van der Waals surface area (Å²) in [4.78, 5) is 20.6. The van der Waals surface area contributed by atoms with Crippen LogP contribution < -0.4 is 5.32 Å². The lowest BCUT2D eigenvalue weighted by Crippen LogP contribution is -2.19. The Morgan fingerprint density at radius 3 is 2.30 bits per heavy atom. The highest BCUT2D eigenvalue weighted by Crippen LogP contribution is 2.29. The lowest BCUT2D eigenvalue weighted by Gasteiger charge is -2.12. The molecule has 5 nitrogen and oxygen atoms in total. The maximum Gasteiger partial charge on any atom is 0.261 e. The molecule has 0 aliphatic carbocycles. The Bertz CT molecular complexity index is 1260. The smallest absolute Gasteiger partial charge is 0.261 e. The van der Waals surface area contributed by atoms with Gasteiger partial charge in [0.25, 0.3) is 5.91 Å². The molecule has 0 fully saturated rings. The highest BCUT2D eigenvalue weighted by atomic mass is 19.2. The molecule has 10 heteroatoms. The molecule has 0 saturated heterocycles. The number of hydrogen-bond donors (Lipinski definition) is 1. The summed E-state index contributed by atoms with van der Waals surface area (Å²) in [5.74, 6) is -12.5. The quantitative estimate of drug-likeness (QED) is 0.284. The fourth-order valence-corrected chi connectivity index (χ4v) is 2.77. The van der Waals surface area contributed by atoms with Crippen molar-refractivity contribution in [3.63, 3.8) is 0 Å². The molecule has 0 bridgehead atoms. The third kappa shape index (κ3) is 3.15. The zero-order valence-corrected chi connectivity index (χ0v) is 15.1. The van der Waals surface area contributed by atoms with Crippen molar-refractivity contribution in [3.05, 3.63) is 76.7 Å². The third-order valence-electron chi connectivity index (χ3n) is 4.33. The first-order chi connectivity index (χ1) is 14.3. The fraction of sp³-hybridized carbons (Fsp3) is 0.0500. The van der Waals surface area contributed by atoms with Crippen LogP contribution in [0.15, 0.2) is 40.9 Å². The second-order valence-corrected chi connectivity index (χ2v) is 6.27. The van der Waals surface area contributed by atoms with Crippen molar-refractivity contribution in [2.75, 3.05) is 5.32 Å². The molecule has 1 amide bonds. The zero-order chi connectivity index (χ0) is 21.6. The molecule has 4 rings (SSSR count). The molecule has 2 aromatic carbocycles. The maximum absolute atomic E-state index is 13.9. The second-order valence-electron chi connectivity index (χ2n) is 6.27. The molecule has 4 aromatic rings. The van der Waals surface area contributed by atoms with Gasteiger partial charge in [0.2, 0.25) is 11.7 Å². The number of pyridine rings is 1. The molecule has 0 atom stereocenters. The molecular weight excluding hydrogens is 409 g/mol. The first kappa shape index (κ1) is 19.5. The van der Waals surface area contributed by atoms with Gasteiger partial charge in [0.15, 0.2) is 34.5 Å². The molecule has 0 radical (unpaired) electrons. The van der Waals surface area contributed by atoms with Crippen LogP contribution >= 0.6 is 0 Å². The first-order valence-electron chi connectivity index (χ1n) is 8.43. The van der Waals surface area contributed by atoms with Gasteiger partial charge in [0, 0.05) is 17.4 Å². The Balaban J connectivity index is 1.72. The van der Waals surface area contributed by atoms with Crippen LogP contribution in [0.25, 0.3) is 22.7 Å². The Kier molecular flexibility index (Phi) is 4.69. The van der Waals surface area contributed by atoms with E-state index in [1.165, 1.54) is 12.3 Å². The van der Waals surface area contributed by atoms with Crippen LogP contribution in [0.4, 0.5) is 27.6 Å². The number of benzene rings is 2. The van der Waals surface area contributed by atoms with E-state index in [9.17, 15) is 26.7 Å². The van der Waals surface area contributed by atoms with Gasteiger partial charge in [0.1, 0.15) is 5.56 Å². The van der Waals surface area contributed by atoms with E-state index in [0.717, 1.165) is 0 Å². The number of nitrogens with zero attached hydrogens (tertiary/aromatic N) is 2. The summed E-state index contributed by atoms with van der Waals surface area (Å²) in [5.41, 5.74) is 0.107. The average Bonchev–Trinajstić information content (AvgIpc) is 3.17. The number of oxazole rings is 1. The van der Waals surface area contributed by atoms with Crippen LogP contribution in [-0.2, 0) is 0 Å². The molecule has 2 aromatic heterocycles. The number of fused-ring (bicyclic) bond motifs is 1. The van der Waals surface area contributed by atoms with Crippen molar-refractivity contribution in [2.45, 2.75) is 6.92 Å². The Hall–Kier alpha value is -3.82. The van der Waals surface area contributed by atoms with Gasteiger partial charge in [-0.05, 0) is 36.8 Å². The number of halogens is 5. The van der Waals surface area contributed by atoms with Gasteiger partial charge in [-0.2, -0.15) is 4.98 Å². The number of carbonyl (C=O) groups is 1. The molecule has 1 N–H and O–H groups in total. The number of aromatic nitrogens is 2. The van der Waals surface area contributed by atoms with Crippen LogP contribution in [0.2, 0.25) is 0 Å². The summed E-state index contributed by atoms with van der Waals surface area (Å²) in [6, 6.07) is 7.88. The van der Waals surface area contributed by atoms with Gasteiger partial charge in [-0.3, -0.25) is 4.79 Å². The lowest BCUT2D eigenvalue weighted by atomic mass is 10.1. The van der Waals surface area contributed by atoms with Crippen molar-refractivity contribution >= 4 is 22.8 Å². The molecule has 2 heterocycles. The van der Waals surface area contributed by atoms with Gasteiger partial charge in [-0.25, -0.2) is 26.9 Å². The molecule has 30 heavy (non-hydrogen) atoms. The van der Waals surface area contributed by atoms with Crippen LogP contribution in [0, 0.1) is 36.0 Å². The molecule has 0 unspecified atom stereocenters. The Morgan fingerprint density at radius 2 is 1.63 bits per heavy atom. The minimum absolute atomic E-state index is 0.0663. The highest BCUT2D eigenvalue weighted by Gasteiger charge is 2.30. The Morgan fingerprint density at radius 1 is 0.967 bits per heavy atom. The van der Waals surface area contributed by atoms with E-state index in [-0.39, 0.29) is 11.6 Å². The Labute approximate surface area is 165 Å². The predicted octanol–water partition coefficient (Wildman–Crippen LogP) is 5.15. The van der Waals surface area contributed by atoms with Crippen LogP contribution in [-0.4, -0.2) is 15.9 Å². The van der Waals surface area contributed by atoms with Crippen molar-refractivity contribution in [1.29, 1.82) is 0 Å². The summed E-state index contributed by atoms with van der Waals surface area (Å²) >= 11 is 0. The molecule has 0 aliphatic heterocycles. The summed E-state index contributed by atoms with van der Waals surface area (Å²) in [7, 11) is 0. The second kappa shape index (κ2) is 7.21. The minimum Gasteiger partial charge on any atom is -0.434 e. The van der Waals surface area contributed by atoms with Gasteiger partial charge < -0.3 is 9.73 Å². The monoisotopic (exact) mass is 419 g/mol. The summed E-state index contributed by atoms with van der Waals surface area (Å²) < 4.78 is 73.4. The van der Waals surface area contributed by atoms with E-state index < -0.39 is 40.6 Å². The number of aryl methyl sites for hydroxylation is 1. The summed E-state index contributed by atoms with van der Waals surface area (Å²) in [6.45, 7) is 1.57. The maximum atomic E-state index is 13.9. The number of nitrogens with one attached hydrogen (secondary N) is 1. The fourth-order valence-electron chi connectivity index (χ4n) is 2.77. The lowest BCUT2D eigenvalue weighted by molar-refractivity contribution is 0.101. The summed E-state index contributed by atoms with van der Waals surface area (Å²) in [6.07, 6.45) is 1.53. The number of hydrogen-bond acceptors (Lipinski definition) is 4. The van der Waals surface area contributed by atoms with E-state index >= 15 is 0 Å². The van der Waals surface area contributed by atoms with Gasteiger partial charge in [0.05, 0.1) is 0 Å². The van der Waals surface area contributed by atoms with Crippen molar-refractivity contribution in [3.8, 4) is 11.5 Å². The number of anilines is 1. The van der Waals surface area contributed by atoms with Crippen LogP contribution in [0.1, 0.15) is 15.9 Å². The predicted molar refractivity (Wildman–Crippen MR) is 96.2 cm³/mol. The average molecular weight is 419 g/mol. The highest BCUT2D eigenvalue weighted by molar-refractivity contribution is 6.05.